The molecule has 0 aromatic heterocycles. The minimum Gasteiger partial charge on any atom is -0.490 e. The van der Waals surface area contributed by atoms with Crippen molar-refractivity contribution in [2.75, 3.05) is 19.8 Å². The molecule has 0 amide bonds. The van der Waals surface area contributed by atoms with Crippen LogP contribution in [0, 0.1) is 0 Å². The quantitative estimate of drug-likeness (QED) is 0.844. The van der Waals surface area contributed by atoms with Gasteiger partial charge in [-0.1, -0.05) is 12.1 Å². The van der Waals surface area contributed by atoms with Gasteiger partial charge >= 0.3 is 6.18 Å². The molecule has 0 unspecified atom stereocenters. The molecule has 0 saturated heterocycles. The number of rotatable bonds is 5. The zero-order valence-corrected chi connectivity index (χ0v) is 11.1. The third kappa shape index (κ3) is 4.59. The van der Waals surface area contributed by atoms with Crippen molar-refractivity contribution in [1.82, 2.24) is 5.32 Å². The van der Waals surface area contributed by atoms with Gasteiger partial charge in [-0.15, -0.1) is 0 Å². The Hall–Kier alpha value is -1.43. The molecule has 1 aliphatic heterocycles. The first-order chi connectivity index (χ1) is 9.56. The highest BCUT2D eigenvalue weighted by Gasteiger charge is 2.25. The Labute approximate surface area is 116 Å². The molecule has 1 aromatic rings. The maximum Gasteiger partial charge on any atom is 0.389 e. The Morgan fingerprint density at radius 1 is 1.15 bits per heavy atom. The number of hydrogen-bond donors (Lipinski definition) is 1. The van der Waals surface area contributed by atoms with E-state index in [4.69, 9.17) is 9.47 Å². The van der Waals surface area contributed by atoms with Crippen LogP contribution in [0.15, 0.2) is 18.2 Å². The highest BCUT2D eigenvalue weighted by atomic mass is 19.4. The van der Waals surface area contributed by atoms with E-state index in [2.05, 4.69) is 5.32 Å². The fourth-order valence-electron chi connectivity index (χ4n) is 2.03. The lowest BCUT2D eigenvalue weighted by molar-refractivity contribution is -0.135. The smallest absolute Gasteiger partial charge is 0.389 e. The average molecular weight is 289 g/mol. The summed E-state index contributed by atoms with van der Waals surface area (Å²) in [6, 6.07) is 5.60. The van der Waals surface area contributed by atoms with E-state index in [9.17, 15) is 13.2 Å². The molecule has 1 aliphatic rings. The molecule has 0 aliphatic carbocycles. The molecule has 0 bridgehead atoms. The van der Waals surface area contributed by atoms with Crippen molar-refractivity contribution in [2.45, 2.75) is 32.0 Å². The van der Waals surface area contributed by atoms with E-state index in [0.29, 0.717) is 37.8 Å². The molecule has 1 N–H and O–H groups in total. The van der Waals surface area contributed by atoms with E-state index in [1.54, 1.807) is 0 Å². The number of ether oxygens (including phenoxy) is 2. The molecule has 20 heavy (non-hydrogen) atoms. The zero-order chi connectivity index (χ0) is 14.4. The van der Waals surface area contributed by atoms with Crippen LogP contribution in [-0.2, 0) is 6.54 Å². The summed E-state index contributed by atoms with van der Waals surface area (Å²) < 4.78 is 47.2. The van der Waals surface area contributed by atoms with Gasteiger partial charge in [-0.25, -0.2) is 0 Å². The number of halogens is 3. The molecule has 1 heterocycles. The van der Waals surface area contributed by atoms with Crippen LogP contribution < -0.4 is 14.8 Å². The van der Waals surface area contributed by atoms with Gasteiger partial charge in [-0.2, -0.15) is 13.2 Å². The highest BCUT2D eigenvalue weighted by Crippen LogP contribution is 2.33. The topological polar surface area (TPSA) is 30.5 Å². The average Bonchev–Trinajstić information content (AvgIpc) is 2.62. The van der Waals surface area contributed by atoms with Gasteiger partial charge in [-0.3, -0.25) is 0 Å². The van der Waals surface area contributed by atoms with Gasteiger partial charge in [0.15, 0.2) is 11.5 Å². The van der Waals surface area contributed by atoms with E-state index >= 15 is 0 Å². The molecule has 1 aromatic carbocycles. The molecule has 6 heteroatoms. The van der Waals surface area contributed by atoms with Crippen LogP contribution in [-0.4, -0.2) is 25.9 Å². The van der Waals surface area contributed by atoms with Gasteiger partial charge in [0, 0.05) is 24.9 Å². The van der Waals surface area contributed by atoms with Gasteiger partial charge in [0.2, 0.25) is 0 Å². The Balaban J connectivity index is 1.84. The predicted octanol–water partition coefficient (Wildman–Crippen LogP) is 3.28. The van der Waals surface area contributed by atoms with Crippen molar-refractivity contribution in [3.8, 4) is 11.5 Å². The lowest BCUT2D eigenvalue weighted by Crippen LogP contribution is -2.18. The lowest BCUT2D eigenvalue weighted by Gasteiger charge is -2.13. The summed E-state index contributed by atoms with van der Waals surface area (Å²) in [6.07, 6.45) is -3.93. The lowest BCUT2D eigenvalue weighted by atomic mass is 10.2. The van der Waals surface area contributed by atoms with Crippen LogP contribution in [0.3, 0.4) is 0 Å². The molecule has 112 valence electrons. The van der Waals surface area contributed by atoms with Crippen LogP contribution in [0.2, 0.25) is 0 Å². The maximum absolute atomic E-state index is 12.0. The van der Waals surface area contributed by atoms with Gasteiger partial charge in [0.05, 0.1) is 13.2 Å². The molecular formula is C14H18F3NO2. The first kappa shape index (κ1) is 15.0. The SMILES string of the molecule is FC(F)(F)CCCNCc1cccc2c1OCCCO2. The van der Waals surface area contributed by atoms with Gasteiger partial charge in [-0.05, 0) is 19.0 Å². The summed E-state index contributed by atoms with van der Waals surface area (Å²) in [6.45, 7) is 2.02. The van der Waals surface area contributed by atoms with E-state index in [1.807, 2.05) is 18.2 Å². The van der Waals surface area contributed by atoms with Crippen molar-refractivity contribution in [1.29, 1.82) is 0 Å². The second-order valence-electron chi connectivity index (χ2n) is 4.69. The summed E-state index contributed by atoms with van der Waals surface area (Å²) in [7, 11) is 0. The Kier molecular flexibility index (Phi) is 5.11. The summed E-state index contributed by atoms with van der Waals surface area (Å²) in [5.41, 5.74) is 0.913. The van der Waals surface area contributed by atoms with E-state index in [0.717, 1.165) is 12.0 Å². The monoisotopic (exact) mass is 289 g/mol. The second-order valence-corrected chi connectivity index (χ2v) is 4.69. The van der Waals surface area contributed by atoms with Crippen molar-refractivity contribution < 1.29 is 22.6 Å². The Bertz CT molecular complexity index is 435. The van der Waals surface area contributed by atoms with Crippen molar-refractivity contribution in [2.24, 2.45) is 0 Å². The van der Waals surface area contributed by atoms with E-state index < -0.39 is 12.6 Å². The fraction of sp³-hybridized carbons (Fsp3) is 0.571. The van der Waals surface area contributed by atoms with Crippen LogP contribution in [0.4, 0.5) is 13.2 Å². The van der Waals surface area contributed by atoms with E-state index in [-0.39, 0.29) is 6.42 Å². The van der Waals surface area contributed by atoms with Crippen molar-refractivity contribution in [3.05, 3.63) is 23.8 Å². The van der Waals surface area contributed by atoms with Crippen molar-refractivity contribution >= 4 is 0 Å². The second kappa shape index (κ2) is 6.83. The number of fused-ring (bicyclic) bond motifs is 1. The van der Waals surface area contributed by atoms with Gasteiger partial charge in [0.25, 0.3) is 0 Å². The third-order valence-corrected chi connectivity index (χ3v) is 2.98. The third-order valence-electron chi connectivity index (χ3n) is 2.98. The summed E-state index contributed by atoms with van der Waals surface area (Å²) >= 11 is 0. The van der Waals surface area contributed by atoms with Gasteiger partial charge < -0.3 is 14.8 Å². The zero-order valence-electron chi connectivity index (χ0n) is 11.1. The number of benzene rings is 1. The minimum atomic E-state index is -4.08. The largest absolute Gasteiger partial charge is 0.490 e. The highest BCUT2D eigenvalue weighted by molar-refractivity contribution is 5.46. The van der Waals surface area contributed by atoms with Crippen LogP contribution >= 0.6 is 0 Å². The fourth-order valence-corrected chi connectivity index (χ4v) is 2.03. The molecule has 0 radical (unpaired) electrons. The molecule has 2 rings (SSSR count). The predicted molar refractivity (Wildman–Crippen MR) is 69.0 cm³/mol. The molecule has 0 spiro atoms. The summed E-state index contributed by atoms with van der Waals surface area (Å²) in [4.78, 5) is 0. The minimum absolute atomic E-state index is 0.0792. The normalized spacial score (nSPS) is 14.9. The Morgan fingerprint density at radius 2 is 1.95 bits per heavy atom. The summed E-state index contributed by atoms with van der Waals surface area (Å²) in [5, 5.41) is 3.01. The van der Waals surface area contributed by atoms with Crippen LogP contribution in [0.25, 0.3) is 0 Å². The molecule has 3 nitrogen and oxygen atoms in total. The number of nitrogens with one attached hydrogen (secondary N) is 1. The summed E-state index contributed by atoms with van der Waals surface area (Å²) in [5.74, 6) is 1.41. The van der Waals surface area contributed by atoms with Crippen LogP contribution in [0.1, 0.15) is 24.8 Å². The number of hydrogen-bond acceptors (Lipinski definition) is 3. The standard InChI is InChI=1S/C14H18F3NO2/c15-14(16,17)6-2-7-18-10-11-4-1-5-12-13(11)20-9-3-8-19-12/h1,4-5,18H,2-3,6-10H2. The Morgan fingerprint density at radius 3 is 2.75 bits per heavy atom. The number of alkyl halides is 3. The number of para-hydroxylation sites is 1. The molecule has 0 saturated carbocycles. The maximum atomic E-state index is 12.0. The first-order valence-corrected chi connectivity index (χ1v) is 6.71. The molecule has 0 atom stereocenters. The molecular weight excluding hydrogens is 271 g/mol. The van der Waals surface area contributed by atoms with E-state index in [1.165, 1.54) is 0 Å². The van der Waals surface area contributed by atoms with Crippen LogP contribution in [0.5, 0.6) is 11.5 Å². The van der Waals surface area contributed by atoms with Crippen molar-refractivity contribution in [3.63, 3.8) is 0 Å². The first-order valence-electron chi connectivity index (χ1n) is 6.71. The molecule has 0 fully saturated rings. The van der Waals surface area contributed by atoms with Gasteiger partial charge in [0.1, 0.15) is 0 Å².